The van der Waals surface area contributed by atoms with Crippen LogP contribution in [0.1, 0.15) is 39.3 Å². The van der Waals surface area contributed by atoms with E-state index >= 15 is 0 Å². The van der Waals surface area contributed by atoms with Gasteiger partial charge in [0, 0.05) is 18.5 Å². The number of carbonyl (C=O) groups is 3. The molecule has 130 valence electrons. The van der Waals surface area contributed by atoms with E-state index in [1.165, 1.54) is 24.5 Å². The number of amides is 3. The van der Waals surface area contributed by atoms with Crippen LogP contribution in [0.5, 0.6) is 0 Å². The summed E-state index contributed by atoms with van der Waals surface area (Å²) in [4.78, 5) is 37.7. The highest BCUT2D eigenvalue weighted by Crippen LogP contribution is 2.30. The second kappa shape index (κ2) is 6.98. The molecule has 1 fully saturated rings. The second-order valence-corrected chi connectivity index (χ2v) is 6.02. The number of nitrogens with one attached hydrogen (secondary N) is 2. The Bertz CT molecular complexity index is 846. The van der Waals surface area contributed by atoms with Crippen LogP contribution in [0.3, 0.4) is 0 Å². The standard InChI is InChI=1S/C17H16ClN3O4/c1-10-12(6-8-25-10)17(24)20-19-16(23)11-4-5-13(18)14(9-11)21-7-2-3-15(21)22/h4-6,8-9H,2-3,7H2,1H3,(H,19,23)(H,20,24). The molecule has 0 atom stereocenters. The van der Waals surface area contributed by atoms with Crippen molar-refractivity contribution in [3.8, 4) is 0 Å². The lowest BCUT2D eigenvalue weighted by atomic mass is 10.1. The summed E-state index contributed by atoms with van der Waals surface area (Å²) in [5.41, 5.74) is 5.77. The molecule has 25 heavy (non-hydrogen) atoms. The first-order chi connectivity index (χ1) is 12.0. The van der Waals surface area contributed by atoms with E-state index in [0.29, 0.717) is 35.0 Å². The van der Waals surface area contributed by atoms with Crippen LogP contribution in [-0.2, 0) is 4.79 Å². The van der Waals surface area contributed by atoms with Gasteiger partial charge in [-0.3, -0.25) is 25.2 Å². The molecule has 1 saturated heterocycles. The molecule has 1 aromatic carbocycles. The lowest BCUT2D eigenvalue weighted by Crippen LogP contribution is -2.41. The van der Waals surface area contributed by atoms with Crippen LogP contribution in [0.4, 0.5) is 5.69 Å². The number of benzene rings is 1. The minimum atomic E-state index is -0.515. The van der Waals surface area contributed by atoms with E-state index in [1.807, 2.05) is 0 Å². The predicted molar refractivity (Wildman–Crippen MR) is 91.4 cm³/mol. The highest BCUT2D eigenvalue weighted by atomic mass is 35.5. The van der Waals surface area contributed by atoms with Crippen molar-refractivity contribution in [2.24, 2.45) is 0 Å². The van der Waals surface area contributed by atoms with Crippen molar-refractivity contribution < 1.29 is 18.8 Å². The second-order valence-electron chi connectivity index (χ2n) is 5.61. The number of halogens is 1. The third kappa shape index (κ3) is 3.51. The topological polar surface area (TPSA) is 91.7 Å². The molecule has 1 aliphatic rings. The van der Waals surface area contributed by atoms with Gasteiger partial charge in [0.25, 0.3) is 11.8 Å². The van der Waals surface area contributed by atoms with Crippen molar-refractivity contribution in [2.45, 2.75) is 19.8 Å². The number of rotatable bonds is 3. The van der Waals surface area contributed by atoms with Gasteiger partial charge in [0.1, 0.15) is 5.76 Å². The first-order valence-electron chi connectivity index (χ1n) is 7.72. The highest BCUT2D eigenvalue weighted by molar-refractivity contribution is 6.34. The summed E-state index contributed by atoms with van der Waals surface area (Å²) in [7, 11) is 0. The molecule has 0 radical (unpaired) electrons. The Balaban J connectivity index is 1.71. The summed E-state index contributed by atoms with van der Waals surface area (Å²) in [5.74, 6) is -0.571. The maximum atomic E-state index is 12.3. The summed E-state index contributed by atoms with van der Waals surface area (Å²) in [5, 5.41) is 0.393. The van der Waals surface area contributed by atoms with E-state index in [-0.39, 0.29) is 11.5 Å². The molecule has 1 aliphatic heterocycles. The quantitative estimate of drug-likeness (QED) is 0.821. The Morgan fingerprint density at radius 1 is 1.20 bits per heavy atom. The third-order valence-corrected chi connectivity index (χ3v) is 4.29. The molecule has 3 rings (SSSR count). The SMILES string of the molecule is Cc1occc1C(=O)NNC(=O)c1ccc(Cl)c(N2CCCC2=O)c1. The molecule has 8 heteroatoms. The molecule has 2 aromatic rings. The van der Waals surface area contributed by atoms with Crippen LogP contribution in [-0.4, -0.2) is 24.3 Å². The van der Waals surface area contributed by atoms with Gasteiger partial charge in [-0.1, -0.05) is 11.6 Å². The number of furan rings is 1. The van der Waals surface area contributed by atoms with Crippen molar-refractivity contribution in [3.05, 3.63) is 52.4 Å². The normalized spacial score (nSPS) is 13.8. The molecule has 0 unspecified atom stereocenters. The van der Waals surface area contributed by atoms with Crippen molar-refractivity contribution in [2.75, 3.05) is 11.4 Å². The fraction of sp³-hybridized carbons (Fsp3) is 0.235. The van der Waals surface area contributed by atoms with E-state index in [0.717, 1.165) is 6.42 Å². The average Bonchev–Trinajstić information content (AvgIpc) is 3.21. The molecule has 0 saturated carbocycles. The maximum absolute atomic E-state index is 12.3. The Morgan fingerprint density at radius 3 is 2.60 bits per heavy atom. The zero-order valence-corrected chi connectivity index (χ0v) is 14.2. The minimum Gasteiger partial charge on any atom is -0.469 e. The van der Waals surface area contributed by atoms with Gasteiger partial charge in [-0.2, -0.15) is 0 Å². The zero-order valence-electron chi connectivity index (χ0n) is 13.5. The first kappa shape index (κ1) is 17.0. The fourth-order valence-electron chi connectivity index (χ4n) is 2.64. The monoisotopic (exact) mass is 361 g/mol. The Hall–Kier alpha value is -2.80. The number of nitrogens with zero attached hydrogens (tertiary/aromatic N) is 1. The smallest absolute Gasteiger partial charge is 0.273 e. The molecule has 3 amide bonds. The van der Waals surface area contributed by atoms with Gasteiger partial charge in [-0.25, -0.2) is 0 Å². The zero-order chi connectivity index (χ0) is 18.0. The molecule has 7 nitrogen and oxygen atoms in total. The largest absolute Gasteiger partial charge is 0.469 e. The molecular weight excluding hydrogens is 346 g/mol. The summed E-state index contributed by atoms with van der Waals surface area (Å²) in [6.45, 7) is 2.22. The molecule has 2 N–H and O–H groups in total. The number of aryl methyl sites for hydroxylation is 1. The van der Waals surface area contributed by atoms with Gasteiger partial charge >= 0.3 is 0 Å². The summed E-state index contributed by atoms with van der Waals surface area (Å²) in [6, 6.07) is 6.13. The van der Waals surface area contributed by atoms with Crippen LogP contribution in [0, 0.1) is 6.92 Å². The third-order valence-electron chi connectivity index (χ3n) is 3.97. The van der Waals surface area contributed by atoms with E-state index in [1.54, 1.807) is 17.9 Å². The van der Waals surface area contributed by atoms with Crippen LogP contribution in [0.2, 0.25) is 5.02 Å². The molecular formula is C17H16ClN3O4. The summed E-state index contributed by atoms with van der Waals surface area (Å²) < 4.78 is 5.05. The number of carbonyl (C=O) groups excluding carboxylic acids is 3. The van der Waals surface area contributed by atoms with Crippen LogP contribution < -0.4 is 15.8 Å². The Kier molecular flexibility index (Phi) is 4.76. The highest BCUT2D eigenvalue weighted by Gasteiger charge is 2.24. The van der Waals surface area contributed by atoms with Crippen molar-refractivity contribution in [1.29, 1.82) is 0 Å². The average molecular weight is 362 g/mol. The van der Waals surface area contributed by atoms with Gasteiger partial charge in [0.15, 0.2) is 0 Å². The van der Waals surface area contributed by atoms with Crippen LogP contribution in [0.25, 0.3) is 0 Å². The number of hydrogen-bond acceptors (Lipinski definition) is 4. The van der Waals surface area contributed by atoms with Gasteiger partial charge < -0.3 is 9.32 Å². The maximum Gasteiger partial charge on any atom is 0.273 e. The van der Waals surface area contributed by atoms with Crippen LogP contribution in [0.15, 0.2) is 34.9 Å². The van der Waals surface area contributed by atoms with Crippen molar-refractivity contribution in [3.63, 3.8) is 0 Å². The molecule has 2 heterocycles. The van der Waals surface area contributed by atoms with Crippen molar-refractivity contribution >= 4 is 35.0 Å². The lowest BCUT2D eigenvalue weighted by molar-refractivity contribution is -0.117. The van der Waals surface area contributed by atoms with Gasteiger partial charge in [-0.15, -0.1) is 0 Å². The number of anilines is 1. The number of hydrazine groups is 1. The summed E-state index contributed by atoms with van der Waals surface area (Å²) >= 11 is 6.15. The Labute approximate surface area is 148 Å². The molecule has 0 bridgehead atoms. The van der Waals surface area contributed by atoms with E-state index in [4.69, 9.17) is 16.0 Å². The number of hydrogen-bond donors (Lipinski definition) is 2. The Morgan fingerprint density at radius 2 is 1.96 bits per heavy atom. The first-order valence-corrected chi connectivity index (χ1v) is 8.10. The van der Waals surface area contributed by atoms with E-state index < -0.39 is 11.8 Å². The van der Waals surface area contributed by atoms with Gasteiger partial charge in [0.2, 0.25) is 5.91 Å². The van der Waals surface area contributed by atoms with Gasteiger partial charge in [-0.05, 0) is 37.6 Å². The van der Waals surface area contributed by atoms with E-state index in [2.05, 4.69) is 10.9 Å². The molecule has 0 spiro atoms. The fourth-order valence-corrected chi connectivity index (χ4v) is 2.86. The predicted octanol–water partition coefficient (Wildman–Crippen LogP) is 2.44. The van der Waals surface area contributed by atoms with E-state index in [9.17, 15) is 14.4 Å². The van der Waals surface area contributed by atoms with Crippen molar-refractivity contribution in [1.82, 2.24) is 10.9 Å². The minimum absolute atomic E-state index is 0.0248. The lowest BCUT2D eigenvalue weighted by Gasteiger charge is -2.18. The summed E-state index contributed by atoms with van der Waals surface area (Å²) in [6.07, 6.45) is 2.61. The molecule has 0 aliphatic carbocycles. The van der Waals surface area contributed by atoms with Gasteiger partial charge in [0.05, 0.1) is 22.5 Å². The van der Waals surface area contributed by atoms with Crippen LogP contribution >= 0.6 is 11.6 Å². The molecule has 1 aromatic heterocycles.